The largest absolute Gasteiger partial charge is 0.488 e. The van der Waals surface area contributed by atoms with E-state index in [-0.39, 0.29) is 12.6 Å². The Morgan fingerprint density at radius 2 is 2.19 bits per heavy atom. The fourth-order valence-corrected chi connectivity index (χ4v) is 1.81. The average Bonchev–Trinajstić information content (AvgIpc) is 2.26. The van der Waals surface area contributed by atoms with Gasteiger partial charge < -0.3 is 15.2 Å². The van der Waals surface area contributed by atoms with Crippen molar-refractivity contribution in [1.29, 1.82) is 0 Å². The molecule has 16 heavy (non-hydrogen) atoms. The van der Waals surface area contributed by atoms with Crippen LogP contribution in [0.4, 0.5) is 8.78 Å². The van der Waals surface area contributed by atoms with Crippen LogP contribution in [0.25, 0.3) is 0 Å². The zero-order chi connectivity index (χ0) is 11.5. The minimum absolute atomic E-state index is 0.139. The van der Waals surface area contributed by atoms with Crippen molar-refractivity contribution in [3.05, 3.63) is 29.8 Å². The van der Waals surface area contributed by atoms with Crippen LogP contribution in [0, 0.1) is 0 Å². The highest BCUT2D eigenvalue weighted by atomic mass is 19.3. The number of nitrogens with two attached hydrogens (primary N) is 1. The summed E-state index contributed by atoms with van der Waals surface area (Å²) in [6.45, 7) is -2.91. The standard InChI is InChI=1S/C11H13F2NO2/c12-11(13)15-6-7-5-9(14)8-3-1-2-4-10(8)16-7/h1-4,7,9,11H,5-6,14H2/t7-,9-/m1/s1. The molecule has 3 nitrogen and oxygen atoms in total. The SMILES string of the molecule is N[C@@H]1C[C@H](COC(F)F)Oc2ccccc21. The summed E-state index contributed by atoms with van der Waals surface area (Å²) >= 11 is 0. The molecule has 2 atom stereocenters. The summed E-state index contributed by atoms with van der Waals surface area (Å²) in [7, 11) is 0. The van der Waals surface area contributed by atoms with Gasteiger partial charge in [0.15, 0.2) is 0 Å². The van der Waals surface area contributed by atoms with Crippen molar-refractivity contribution in [2.45, 2.75) is 25.2 Å². The molecule has 0 spiro atoms. The second-order valence-electron chi connectivity index (χ2n) is 3.71. The molecule has 1 heterocycles. The Morgan fingerprint density at radius 3 is 2.94 bits per heavy atom. The normalized spacial score (nSPS) is 24.0. The fourth-order valence-electron chi connectivity index (χ4n) is 1.81. The van der Waals surface area contributed by atoms with E-state index in [4.69, 9.17) is 10.5 Å². The smallest absolute Gasteiger partial charge is 0.345 e. The first kappa shape index (κ1) is 11.3. The molecule has 0 saturated heterocycles. The first-order chi connectivity index (χ1) is 7.66. The van der Waals surface area contributed by atoms with Gasteiger partial charge in [0.05, 0.1) is 6.61 Å². The van der Waals surface area contributed by atoms with Gasteiger partial charge in [0, 0.05) is 18.0 Å². The molecule has 0 saturated carbocycles. The number of alkyl halides is 2. The van der Waals surface area contributed by atoms with E-state index in [1.165, 1.54) is 0 Å². The van der Waals surface area contributed by atoms with Crippen molar-refractivity contribution in [2.75, 3.05) is 6.61 Å². The minimum Gasteiger partial charge on any atom is -0.488 e. The van der Waals surface area contributed by atoms with E-state index in [1.54, 1.807) is 6.07 Å². The number of rotatable bonds is 3. The number of para-hydroxylation sites is 1. The molecule has 2 rings (SSSR count). The Morgan fingerprint density at radius 1 is 1.44 bits per heavy atom. The minimum atomic E-state index is -2.77. The second kappa shape index (κ2) is 4.76. The van der Waals surface area contributed by atoms with E-state index in [9.17, 15) is 8.78 Å². The van der Waals surface area contributed by atoms with Crippen molar-refractivity contribution in [2.24, 2.45) is 5.73 Å². The van der Waals surface area contributed by atoms with E-state index in [0.717, 1.165) is 5.56 Å². The molecule has 5 heteroatoms. The van der Waals surface area contributed by atoms with Gasteiger partial charge in [-0.1, -0.05) is 18.2 Å². The lowest BCUT2D eigenvalue weighted by Gasteiger charge is -2.29. The summed E-state index contributed by atoms with van der Waals surface area (Å²) in [6.07, 6.45) is 0.0860. The van der Waals surface area contributed by atoms with E-state index < -0.39 is 12.7 Å². The van der Waals surface area contributed by atoms with Gasteiger partial charge in [0.1, 0.15) is 11.9 Å². The Hall–Kier alpha value is -1.20. The molecule has 0 amide bonds. The maximum atomic E-state index is 11.9. The molecule has 0 aliphatic carbocycles. The molecule has 0 unspecified atom stereocenters. The first-order valence-electron chi connectivity index (χ1n) is 5.07. The first-order valence-corrected chi connectivity index (χ1v) is 5.07. The van der Waals surface area contributed by atoms with Crippen LogP contribution in [0.2, 0.25) is 0 Å². The highest BCUT2D eigenvalue weighted by molar-refractivity contribution is 5.37. The zero-order valence-electron chi connectivity index (χ0n) is 8.61. The van der Waals surface area contributed by atoms with Crippen LogP contribution in [0.1, 0.15) is 18.0 Å². The molecule has 88 valence electrons. The number of benzene rings is 1. The third kappa shape index (κ3) is 2.48. The number of hydrogen-bond acceptors (Lipinski definition) is 3. The number of hydrogen-bond donors (Lipinski definition) is 1. The average molecular weight is 229 g/mol. The molecule has 1 aliphatic rings. The van der Waals surface area contributed by atoms with E-state index in [1.807, 2.05) is 18.2 Å². The van der Waals surface area contributed by atoms with Gasteiger partial charge in [-0.05, 0) is 6.07 Å². The second-order valence-corrected chi connectivity index (χ2v) is 3.71. The van der Waals surface area contributed by atoms with E-state index in [2.05, 4.69) is 4.74 Å². The Labute approximate surface area is 92.1 Å². The van der Waals surface area contributed by atoms with Crippen LogP contribution in [-0.2, 0) is 4.74 Å². The van der Waals surface area contributed by atoms with Crippen molar-refractivity contribution in [3.8, 4) is 5.75 Å². The van der Waals surface area contributed by atoms with Crippen LogP contribution in [-0.4, -0.2) is 19.3 Å². The van der Waals surface area contributed by atoms with Gasteiger partial charge in [0.2, 0.25) is 0 Å². The van der Waals surface area contributed by atoms with Gasteiger partial charge in [-0.3, -0.25) is 0 Å². The highest BCUT2D eigenvalue weighted by Gasteiger charge is 2.26. The number of halogens is 2. The monoisotopic (exact) mass is 229 g/mol. The summed E-state index contributed by atoms with van der Waals surface area (Å²) < 4.78 is 33.5. The molecule has 0 aromatic heterocycles. The van der Waals surface area contributed by atoms with Crippen LogP contribution in [0.15, 0.2) is 24.3 Å². The molecule has 2 N–H and O–H groups in total. The maximum Gasteiger partial charge on any atom is 0.345 e. The topological polar surface area (TPSA) is 44.5 Å². The van der Waals surface area contributed by atoms with Crippen LogP contribution in [0.5, 0.6) is 5.75 Å². The third-order valence-corrected chi connectivity index (χ3v) is 2.54. The van der Waals surface area contributed by atoms with Crippen molar-refractivity contribution >= 4 is 0 Å². The molecular formula is C11H13F2NO2. The summed E-state index contributed by atoms with van der Waals surface area (Å²) in [6, 6.07) is 7.17. The highest BCUT2D eigenvalue weighted by Crippen LogP contribution is 2.33. The molecule has 1 aromatic carbocycles. The lowest BCUT2D eigenvalue weighted by atomic mass is 9.98. The van der Waals surface area contributed by atoms with E-state index >= 15 is 0 Å². The van der Waals surface area contributed by atoms with Gasteiger partial charge >= 0.3 is 6.61 Å². The quantitative estimate of drug-likeness (QED) is 0.863. The molecular weight excluding hydrogens is 216 g/mol. The molecule has 0 fully saturated rings. The Kier molecular flexibility index (Phi) is 3.36. The maximum absolute atomic E-state index is 11.9. The Bertz CT molecular complexity index is 360. The molecule has 1 aliphatic heterocycles. The summed E-state index contributed by atoms with van der Waals surface area (Å²) in [5.41, 5.74) is 6.83. The van der Waals surface area contributed by atoms with Crippen LogP contribution >= 0.6 is 0 Å². The van der Waals surface area contributed by atoms with Crippen molar-refractivity contribution in [3.63, 3.8) is 0 Å². The fraction of sp³-hybridized carbons (Fsp3) is 0.455. The van der Waals surface area contributed by atoms with Gasteiger partial charge in [0.25, 0.3) is 0 Å². The van der Waals surface area contributed by atoms with Gasteiger partial charge in [-0.2, -0.15) is 8.78 Å². The van der Waals surface area contributed by atoms with Gasteiger partial charge in [-0.25, -0.2) is 0 Å². The molecule has 1 aromatic rings. The summed E-state index contributed by atoms with van der Waals surface area (Å²) in [5, 5.41) is 0. The number of fused-ring (bicyclic) bond motifs is 1. The lowest BCUT2D eigenvalue weighted by Crippen LogP contribution is -2.33. The van der Waals surface area contributed by atoms with Gasteiger partial charge in [-0.15, -0.1) is 0 Å². The predicted octanol–water partition coefficient (Wildman–Crippen LogP) is 2.08. The summed E-state index contributed by atoms with van der Waals surface area (Å²) in [5.74, 6) is 0.657. The lowest BCUT2D eigenvalue weighted by molar-refractivity contribution is -0.146. The van der Waals surface area contributed by atoms with Crippen molar-refractivity contribution in [1.82, 2.24) is 0 Å². The van der Waals surface area contributed by atoms with Crippen molar-refractivity contribution < 1.29 is 18.3 Å². The third-order valence-electron chi connectivity index (χ3n) is 2.54. The van der Waals surface area contributed by atoms with Crippen LogP contribution < -0.4 is 10.5 Å². The predicted molar refractivity (Wildman–Crippen MR) is 54.4 cm³/mol. The van der Waals surface area contributed by atoms with Crippen LogP contribution in [0.3, 0.4) is 0 Å². The number of ether oxygens (including phenoxy) is 2. The van der Waals surface area contributed by atoms with E-state index in [0.29, 0.717) is 12.2 Å². The Balaban J connectivity index is 2.03. The molecule has 0 bridgehead atoms. The summed E-state index contributed by atoms with van der Waals surface area (Å²) in [4.78, 5) is 0. The molecule has 0 radical (unpaired) electrons. The zero-order valence-corrected chi connectivity index (χ0v) is 8.61.